The van der Waals surface area contributed by atoms with Crippen LogP contribution in [0.1, 0.15) is 33.1 Å². The molecule has 1 nitrogen and oxygen atoms in total. The molecular weight excluding hydrogens is 134 g/mol. The van der Waals surface area contributed by atoms with Gasteiger partial charge in [0.2, 0.25) is 0 Å². The lowest BCUT2D eigenvalue weighted by Crippen LogP contribution is -2.09. The number of likely N-dealkylation sites (N-methyl/N-ethyl adjacent to an activating group) is 1. The SMILES string of the molecule is CC=C=C(CCCC)CNC. The second-order valence-electron chi connectivity index (χ2n) is 2.67. The van der Waals surface area contributed by atoms with E-state index in [1.165, 1.54) is 24.8 Å². The summed E-state index contributed by atoms with van der Waals surface area (Å²) in [5.41, 5.74) is 4.63. The first kappa shape index (κ1) is 10.5. The van der Waals surface area contributed by atoms with Crippen molar-refractivity contribution >= 4 is 0 Å². The van der Waals surface area contributed by atoms with E-state index in [0.717, 1.165) is 6.54 Å². The lowest BCUT2D eigenvalue weighted by atomic mass is 10.1. The van der Waals surface area contributed by atoms with E-state index in [1.54, 1.807) is 0 Å². The Morgan fingerprint density at radius 2 is 2.27 bits per heavy atom. The van der Waals surface area contributed by atoms with E-state index in [0.29, 0.717) is 0 Å². The Bertz CT molecular complexity index is 141. The van der Waals surface area contributed by atoms with Crippen LogP contribution in [0.2, 0.25) is 0 Å². The van der Waals surface area contributed by atoms with Crippen molar-refractivity contribution in [2.24, 2.45) is 0 Å². The van der Waals surface area contributed by atoms with Gasteiger partial charge in [0, 0.05) is 6.54 Å². The Balaban J connectivity index is 3.80. The van der Waals surface area contributed by atoms with Crippen LogP contribution in [0.15, 0.2) is 17.4 Å². The zero-order chi connectivity index (χ0) is 8.53. The molecular formula is C10H19N. The molecule has 0 aliphatic heterocycles. The van der Waals surface area contributed by atoms with Crippen LogP contribution >= 0.6 is 0 Å². The second-order valence-corrected chi connectivity index (χ2v) is 2.67. The molecule has 64 valence electrons. The van der Waals surface area contributed by atoms with Gasteiger partial charge in [-0.2, -0.15) is 0 Å². The largest absolute Gasteiger partial charge is 0.315 e. The molecule has 0 aliphatic carbocycles. The summed E-state index contributed by atoms with van der Waals surface area (Å²) in [6, 6.07) is 0. The van der Waals surface area contributed by atoms with Crippen LogP contribution < -0.4 is 5.32 Å². The monoisotopic (exact) mass is 153 g/mol. The van der Waals surface area contributed by atoms with Crippen molar-refractivity contribution < 1.29 is 0 Å². The summed E-state index contributed by atoms with van der Waals surface area (Å²) in [4.78, 5) is 0. The number of hydrogen-bond donors (Lipinski definition) is 1. The van der Waals surface area contributed by atoms with Gasteiger partial charge in [0.05, 0.1) is 0 Å². The van der Waals surface area contributed by atoms with Crippen molar-refractivity contribution in [1.29, 1.82) is 0 Å². The zero-order valence-corrected chi connectivity index (χ0v) is 7.91. The van der Waals surface area contributed by atoms with E-state index in [2.05, 4.69) is 18.0 Å². The summed E-state index contributed by atoms with van der Waals surface area (Å²) in [7, 11) is 1.98. The summed E-state index contributed by atoms with van der Waals surface area (Å²) >= 11 is 0. The van der Waals surface area contributed by atoms with Gasteiger partial charge in [-0.05, 0) is 38.5 Å². The number of unbranched alkanes of at least 4 members (excludes halogenated alkanes) is 1. The quantitative estimate of drug-likeness (QED) is 0.598. The Hall–Kier alpha value is -0.520. The molecule has 1 heteroatoms. The maximum Gasteiger partial charge on any atom is 0.0237 e. The fourth-order valence-corrected chi connectivity index (χ4v) is 1.02. The topological polar surface area (TPSA) is 12.0 Å². The van der Waals surface area contributed by atoms with E-state index < -0.39 is 0 Å². The molecule has 0 radical (unpaired) electrons. The van der Waals surface area contributed by atoms with Gasteiger partial charge in [0.25, 0.3) is 0 Å². The summed E-state index contributed by atoms with van der Waals surface area (Å²) < 4.78 is 0. The van der Waals surface area contributed by atoms with E-state index >= 15 is 0 Å². The van der Waals surface area contributed by atoms with Crippen LogP contribution in [0, 0.1) is 0 Å². The highest BCUT2D eigenvalue weighted by molar-refractivity contribution is 5.02. The van der Waals surface area contributed by atoms with Gasteiger partial charge in [0.1, 0.15) is 0 Å². The van der Waals surface area contributed by atoms with Crippen molar-refractivity contribution in [1.82, 2.24) is 5.32 Å². The highest BCUT2D eigenvalue weighted by Gasteiger charge is 1.92. The Kier molecular flexibility index (Phi) is 7.23. The molecule has 0 heterocycles. The van der Waals surface area contributed by atoms with Crippen molar-refractivity contribution in [3.05, 3.63) is 17.4 Å². The molecule has 0 aliphatic rings. The van der Waals surface area contributed by atoms with Gasteiger partial charge in [-0.3, -0.25) is 0 Å². The average molecular weight is 153 g/mol. The van der Waals surface area contributed by atoms with Crippen LogP contribution in [-0.2, 0) is 0 Å². The van der Waals surface area contributed by atoms with E-state index in [9.17, 15) is 0 Å². The molecule has 0 spiro atoms. The van der Waals surface area contributed by atoms with E-state index in [1.807, 2.05) is 20.0 Å². The Morgan fingerprint density at radius 3 is 2.73 bits per heavy atom. The van der Waals surface area contributed by atoms with E-state index in [4.69, 9.17) is 0 Å². The van der Waals surface area contributed by atoms with E-state index in [-0.39, 0.29) is 0 Å². The minimum atomic E-state index is 0.977. The summed E-state index contributed by atoms with van der Waals surface area (Å²) in [6.07, 6.45) is 5.71. The molecule has 1 N–H and O–H groups in total. The predicted molar refractivity (Wildman–Crippen MR) is 50.7 cm³/mol. The zero-order valence-electron chi connectivity index (χ0n) is 7.91. The van der Waals surface area contributed by atoms with Crippen LogP contribution in [0.25, 0.3) is 0 Å². The smallest absolute Gasteiger partial charge is 0.0237 e. The number of nitrogens with one attached hydrogen (secondary N) is 1. The normalized spacial score (nSPS) is 9.00. The first-order valence-corrected chi connectivity index (χ1v) is 4.38. The third-order valence-corrected chi connectivity index (χ3v) is 1.57. The molecule has 0 bridgehead atoms. The standard InChI is InChI=1S/C10H19N/c1-4-6-8-10(7-5-2)9-11-3/h5,11H,4,6,8-9H2,1-3H3. The molecule has 0 rings (SSSR count). The molecule has 0 amide bonds. The third kappa shape index (κ3) is 5.90. The van der Waals surface area contributed by atoms with Crippen LogP contribution in [-0.4, -0.2) is 13.6 Å². The van der Waals surface area contributed by atoms with Crippen molar-refractivity contribution in [2.45, 2.75) is 33.1 Å². The fraction of sp³-hybridized carbons (Fsp3) is 0.700. The highest BCUT2D eigenvalue weighted by atomic mass is 14.8. The van der Waals surface area contributed by atoms with Gasteiger partial charge >= 0.3 is 0 Å². The van der Waals surface area contributed by atoms with Gasteiger partial charge in [-0.15, -0.1) is 5.73 Å². The van der Waals surface area contributed by atoms with Gasteiger partial charge in [-0.1, -0.05) is 13.3 Å². The molecule has 0 aromatic carbocycles. The first-order valence-electron chi connectivity index (χ1n) is 4.38. The van der Waals surface area contributed by atoms with Gasteiger partial charge < -0.3 is 5.32 Å². The van der Waals surface area contributed by atoms with Crippen molar-refractivity contribution in [3.8, 4) is 0 Å². The Morgan fingerprint density at radius 1 is 1.55 bits per heavy atom. The average Bonchev–Trinajstić information content (AvgIpc) is 2.01. The minimum absolute atomic E-state index is 0.977. The Labute approximate surface area is 70.2 Å². The van der Waals surface area contributed by atoms with Crippen LogP contribution in [0.3, 0.4) is 0 Å². The van der Waals surface area contributed by atoms with Crippen LogP contribution in [0.5, 0.6) is 0 Å². The fourth-order valence-electron chi connectivity index (χ4n) is 1.02. The molecule has 0 saturated carbocycles. The molecule has 0 aromatic heterocycles. The predicted octanol–water partition coefficient (Wildman–Crippen LogP) is 2.50. The lowest BCUT2D eigenvalue weighted by Gasteiger charge is -2.01. The number of rotatable bonds is 5. The maximum absolute atomic E-state index is 3.25. The van der Waals surface area contributed by atoms with Crippen LogP contribution in [0.4, 0.5) is 0 Å². The van der Waals surface area contributed by atoms with Crippen molar-refractivity contribution in [3.63, 3.8) is 0 Å². The molecule has 0 unspecified atom stereocenters. The lowest BCUT2D eigenvalue weighted by molar-refractivity contribution is 0.746. The number of hydrogen-bond acceptors (Lipinski definition) is 1. The maximum atomic E-state index is 3.25. The third-order valence-electron chi connectivity index (χ3n) is 1.57. The first-order chi connectivity index (χ1) is 5.35. The molecule has 0 fully saturated rings. The molecule has 0 saturated heterocycles. The molecule has 0 atom stereocenters. The molecule has 0 aromatic rings. The molecule has 11 heavy (non-hydrogen) atoms. The highest BCUT2D eigenvalue weighted by Crippen LogP contribution is 2.03. The van der Waals surface area contributed by atoms with Gasteiger partial charge in [0.15, 0.2) is 0 Å². The van der Waals surface area contributed by atoms with Crippen molar-refractivity contribution in [2.75, 3.05) is 13.6 Å². The van der Waals surface area contributed by atoms with Gasteiger partial charge in [-0.25, -0.2) is 0 Å². The summed E-state index contributed by atoms with van der Waals surface area (Å²) in [5, 5.41) is 3.14. The summed E-state index contributed by atoms with van der Waals surface area (Å²) in [5.74, 6) is 0. The second kappa shape index (κ2) is 7.59. The minimum Gasteiger partial charge on any atom is -0.315 e. The summed E-state index contributed by atoms with van der Waals surface area (Å²) in [6.45, 7) is 5.21.